The van der Waals surface area contributed by atoms with Gasteiger partial charge in [0.2, 0.25) is 0 Å². The van der Waals surface area contributed by atoms with Gasteiger partial charge in [-0.05, 0) is 38.5 Å². The first-order chi connectivity index (χ1) is 8.56. The van der Waals surface area contributed by atoms with Gasteiger partial charge >= 0.3 is 0 Å². The van der Waals surface area contributed by atoms with E-state index >= 15 is 0 Å². The molecular weight excluding hydrogens is 240 g/mol. The Hall–Kier alpha value is -0.120. The highest BCUT2D eigenvalue weighted by Crippen LogP contribution is 2.40. The molecule has 0 heterocycles. The van der Waals surface area contributed by atoms with Crippen molar-refractivity contribution in [1.29, 1.82) is 0 Å². The Balaban J connectivity index is 4.73. The number of hydrogen-bond acceptors (Lipinski definition) is 3. The molecule has 0 radical (unpaired) electrons. The van der Waals surface area contributed by atoms with Gasteiger partial charge in [-0.1, -0.05) is 34.6 Å². The largest absolute Gasteiger partial charge is 0.396 e. The van der Waals surface area contributed by atoms with Crippen molar-refractivity contribution in [2.45, 2.75) is 78.9 Å². The predicted octanol–water partition coefficient (Wildman–Crippen LogP) is 3.38. The van der Waals surface area contributed by atoms with Gasteiger partial charge in [-0.2, -0.15) is 0 Å². The molecule has 0 rings (SSSR count). The zero-order valence-electron chi connectivity index (χ0n) is 13.9. The molecule has 0 saturated heterocycles. The lowest BCUT2D eigenvalue weighted by molar-refractivity contribution is -0.147. The second kappa shape index (κ2) is 7.05. The maximum absolute atomic E-state index is 10.2. The third-order valence-corrected chi connectivity index (χ3v) is 5.27. The van der Waals surface area contributed by atoms with Crippen LogP contribution in [0.4, 0.5) is 0 Å². The van der Waals surface area contributed by atoms with Crippen molar-refractivity contribution >= 4 is 0 Å². The minimum atomic E-state index is -0.685. The lowest BCUT2D eigenvalue weighted by atomic mass is 9.72. The van der Waals surface area contributed by atoms with Gasteiger partial charge in [-0.3, -0.25) is 0 Å². The van der Waals surface area contributed by atoms with E-state index in [0.717, 1.165) is 19.3 Å². The summed E-state index contributed by atoms with van der Waals surface area (Å²) < 4.78 is 6.17. The Morgan fingerprint density at radius 1 is 1.05 bits per heavy atom. The van der Waals surface area contributed by atoms with Gasteiger partial charge in [0.1, 0.15) is 0 Å². The summed E-state index contributed by atoms with van der Waals surface area (Å²) in [4.78, 5) is 0. The van der Waals surface area contributed by atoms with Gasteiger partial charge < -0.3 is 14.9 Å². The molecule has 3 atom stereocenters. The molecule has 3 nitrogen and oxygen atoms in total. The van der Waals surface area contributed by atoms with E-state index in [1.165, 1.54) is 0 Å². The summed E-state index contributed by atoms with van der Waals surface area (Å²) in [5.74, 6) is 0.0910. The van der Waals surface area contributed by atoms with Crippen molar-refractivity contribution in [3.05, 3.63) is 0 Å². The SMILES string of the molecule is CCC(C)(O)C(C)COC(C)(CC)C(C)(C)CCO. The van der Waals surface area contributed by atoms with E-state index in [-0.39, 0.29) is 23.5 Å². The van der Waals surface area contributed by atoms with Gasteiger partial charge in [0.25, 0.3) is 0 Å². The van der Waals surface area contributed by atoms with Crippen molar-refractivity contribution in [3.8, 4) is 0 Å². The van der Waals surface area contributed by atoms with Crippen molar-refractivity contribution in [2.75, 3.05) is 13.2 Å². The second-order valence-electron chi connectivity index (χ2n) is 6.86. The molecule has 0 aliphatic carbocycles. The van der Waals surface area contributed by atoms with Crippen LogP contribution in [0.3, 0.4) is 0 Å². The van der Waals surface area contributed by atoms with Crippen LogP contribution in [0.5, 0.6) is 0 Å². The minimum Gasteiger partial charge on any atom is -0.396 e. The number of rotatable bonds is 9. The zero-order chi connectivity index (χ0) is 15.3. The van der Waals surface area contributed by atoms with Crippen LogP contribution >= 0.6 is 0 Å². The summed E-state index contributed by atoms with van der Waals surface area (Å²) in [7, 11) is 0. The zero-order valence-corrected chi connectivity index (χ0v) is 13.9. The highest BCUT2D eigenvalue weighted by Gasteiger charge is 2.41. The average molecular weight is 274 g/mol. The molecule has 0 aromatic carbocycles. The maximum Gasteiger partial charge on any atom is 0.0703 e. The predicted molar refractivity (Wildman–Crippen MR) is 80.2 cm³/mol. The molecule has 0 aromatic rings. The molecule has 3 unspecified atom stereocenters. The molecule has 116 valence electrons. The van der Waals surface area contributed by atoms with Crippen LogP contribution in [0.1, 0.15) is 67.7 Å². The average Bonchev–Trinajstić information content (AvgIpc) is 2.34. The first kappa shape index (κ1) is 18.9. The molecule has 0 aliphatic heterocycles. The van der Waals surface area contributed by atoms with E-state index in [4.69, 9.17) is 4.74 Å². The van der Waals surface area contributed by atoms with Crippen LogP contribution in [0.2, 0.25) is 0 Å². The molecule has 0 fully saturated rings. The number of aliphatic hydroxyl groups is 2. The Morgan fingerprint density at radius 3 is 1.95 bits per heavy atom. The Labute approximate surface area is 119 Å². The fourth-order valence-electron chi connectivity index (χ4n) is 2.16. The number of aliphatic hydroxyl groups excluding tert-OH is 1. The molecular formula is C16H34O3. The van der Waals surface area contributed by atoms with E-state index in [0.29, 0.717) is 6.61 Å². The summed E-state index contributed by atoms with van der Waals surface area (Å²) in [5, 5.41) is 19.5. The van der Waals surface area contributed by atoms with E-state index in [1.807, 2.05) is 20.8 Å². The number of ether oxygens (including phenoxy) is 1. The summed E-state index contributed by atoms with van der Waals surface area (Å²) in [5.41, 5.74) is -1.06. The molecule has 0 spiro atoms. The van der Waals surface area contributed by atoms with Crippen LogP contribution in [0.15, 0.2) is 0 Å². The van der Waals surface area contributed by atoms with Gasteiger partial charge in [0.15, 0.2) is 0 Å². The van der Waals surface area contributed by atoms with Crippen LogP contribution in [0.25, 0.3) is 0 Å². The summed E-state index contributed by atoms with van der Waals surface area (Å²) in [6.45, 7) is 15.1. The first-order valence-electron chi connectivity index (χ1n) is 7.53. The van der Waals surface area contributed by atoms with Gasteiger partial charge in [-0.15, -0.1) is 0 Å². The van der Waals surface area contributed by atoms with E-state index < -0.39 is 5.60 Å². The van der Waals surface area contributed by atoms with Gasteiger partial charge in [-0.25, -0.2) is 0 Å². The van der Waals surface area contributed by atoms with E-state index in [2.05, 4.69) is 27.7 Å². The molecule has 0 aromatic heterocycles. The highest BCUT2D eigenvalue weighted by molar-refractivity contribution is 4.91. The van der Waals surface area contributed by atoms with Crippen molar-refractivity contribution in [2.24, 2.45) is 11.3 Å². The molecule has 3 heteroatoms. The normalized spacial score (nSPS) is 20.7. The standard InChI is InChI=1S/C16H34O3/c1-8-15(6,18)13(3)12-19-16(7,9-2)14(4,5)10-11-17/h13,17-18H,8-12H2,1-7H3. The first-order valence-corrected chi connectivity index (χ1v) is 7.53. The topological polar surface area (TPSA) is 49.7 Å². The Morgan fingerprint density at radius 2 is 1.58 bits per heavy atom. The summed E-state index contributed by atoms with van der Waals surface area (Å²) in [6, 6.07) is 0. The smallest absolute Gasteiger partial charge is 0.0703 e. The fraction of sp³-hybridized carbons (Fsp3) is 1.00. The molecule has 0 amide bonds. The third-order valence-electron chi connectivity index (χ3n) is 5.27. The van der Waals surface area contributed by atoms with Crippen LogP contribution in [0, 0.1) is 11.3 Å². The van der Waals surface area contributed by atoms with Crippen molar-refractivity contribution < 1.29 is 14.9 Å². The highest BCUT2D eigenvalue weighted by atomic mass is 16.5. The Bertz CT molecular complexity index is 261. The van der Waals surface area contributed by atoms with E-state index in [9.17, 15) is 10.2 Å². The molecule has 0 bridgehead atoms. The summed E-state index contributed by atoms with van der Waals surface area (Å²) >= 11 is 0. The van der Waals surface area contributed by atoms with Crippen LogP contribution in [-0.2, 0) is 4.74 Å². The van der Waals surface area contributed by atoms with Gasteiger partial charge in [0, 0.05) is 12.5 Å². The quantitative estimate of drug-likeness (QED) is 0.677. The molecule has 0 saturated carbocycles. The van der Waals surface area contributed by atoms with Crippen molar-refractivity contribution in [3.63, 3.8) is 0 Å². The third kappa shape index (κ3) is 4.73. The minimum absolute atomic E-state index is 0.0890. The summed E-state index contributed by atoms with van der Waals surface area (Å²) in [6.07, 6.45) is 2.33. The van der Waals surface area contributed by atoms with Crippen LogP contribution < -0.4 is 0 Å². The van der Waals surface area contributed by atoms with Gasteiger partial charge in [0.05, 0.1) is 17.8 Å². The Kier molecular flexibility index (Phi) is 7.01. The fourth-order valence-corrected chi connectivity index (χ4v) is 2.16. The van der Waals surface area contributed by atoms with Crippen LogP contribution in [-0.4, -0.2) is 34.6 Å². The van der Waals surface area contributed by atoms with Crippen molar-refractivity contribution in [1.82, 2.24) is 0 Å². The number of hydrogen-bond donors (Lipinski definition) is 2. The monoisotopic (exact) mass is 274 g/mol. The lowest BCUT2D eigenvalue weighted by Gasteiger charge is -2.45. The second-order valence-corrected chi connectivity index (χ2v) is 6.86. The molecule has 2 N–H and O–H groups in total. The maximum atomic E-state index is 10.2. The van der Waals surface area contributed by atoms with E-state index in [1.54, 1.807) is 0 Å². The lowest BCUT2D eigenvalue weighted by Crippen LogP contribution is -2.47. The molecule has 0 aliphatic rings. The molecule has 19 heavy (non-hydrogen) atoms.